The minimum Gasteiger partial charge on any atom is -0.368 e. The van der Waals surface area contributed by atoms with Crippen LogP contribution in [0.5, 0.6) is 0 Å². The van der Waals surface area contributed by atoms with Crippen molar-refractivity contribution >= 4 is 27.4 Å². The molecule has 3 aromatic rings. The van der Waals surface area contributed by atoms with Crippen molar-refractivity contribution in [3.05, 3.63) is 42.5 Å². The molecule has 3 rings (SSSR count). The van der Waals surface area contributed by atoms with Crippen molar-refractivity contribution in [2.45, 2.75) is 0 Å². The number of hydrogen-bond acceptors (Lipinski definition) is 4. The fraction of sp³-hybridized carbons (Fsp3) is 0. The van der Waals surface area contributed by atoms with Gasteiger partial charge in [0.15, 0.2) is 0 Å². The van der Waals surface area contributed by atoms with E-state index in [1.165, 1.54) is 17.4 Å². The molecule has 0 fully saturated rings. The largest absolute Gasteiger partial charge is 0.368 e. The highest BCUT2D eigenvalue weighted by molar-refractivity contribution is 7.22. The van der Waals surface area contributed by atoms with E-state index in [1.807, 2.05) is 12.1 Å². The molecule has 2 N–H and O–H groups in total. The second kappa shape index (κ2) is 3.78. The van der Waals surface area contributed by atoms with Gasteiger partial charge in [0.2, 0.25) is 5.95 Å². The molecular weight excluding hydrogens is 237 g/mol. The summed E-state index contributed by atoms with van der Waals surface area (Å²) in [6.45, 7) is 0. The smallest absolute Gasteiger partial charge is 0.219 e. The molecule has 2 heterocycles. The number of anilines is 1. The molecule has 0 aliphatic heterocycles. The van der Waals surface area contributed by atoms with Gasteiger partial charge in [0.1, 0.15) is 5.82 Å². The Balaban J connectivity index is 2.18. The van der Waals surface area contributed by atoms with Gasteiger partial charge in [0.05, 0.1) is 0 Å². The summed E-state index contributed by atoms with van der Waals surface area (Å²) in [5, 5.41) is 0.629. The summed E-state index contributed by atoms with van der Waals surface area (Å²) in [6.07, 6.45) is 3.29. The first-order chi connectivity index (χ1) is 8.24. The van der Waals surface area contributed by atoms with Crippen LogP contribution in [0, 0.1) is 5.82 Å². The average molecular weight is 245 g/mol. The zero-order chi connectivity index (χ0) is 11.8. The molecule has 0 radical (unpaired) electrons. The van der Waals surface area contributed by atoms with E-state index in [0.29, 0.717) is 5.39 Å². The highest BCUT2D eigenvalue weighted by Gasteiger charge is 2.08. The number of nitrogen functional groups attached to an aromatic ring is 1. The molecule has 0 aliphatic carbocycles. The van der Waals surface area contributed by atoms with Crippen LogP contribution >= 0.6 is 11.3 Å². The number of thiophene rings is 1. The van der Waals surface area contributed by atoms with E-state index in [1.54, 1.807) is 18.5 Å². The minimum atomic E-state index is -0.207. The fourth-order valence-corrected chi connectivity index (χ4v) is 2.68. The standard InChI is InChI=1S/C12H8FN3S/c13-9-2-1-3-10-8(9)4-11(17-10)7-5-15-12(14)16-6-7/h1-6H,(H2,14,15,16). The highest BCUT2D eigenvalue weighted by atomic mass is 32.1. The summed E-state index contributed by atoms with van der Waals surface area (Å²) < 4.78 is 14.4. The van der Waals surface area contributed by atoms with E-state index >= 15 is 0 Å². The molecule has 5 heteroatoms. The first-order valence-electron chi connectivity index (χ1n) is 5.00. The average Bonchev–Trinajstić information content (AvgIpc) is 2.75. The molecule has 0 aliphatic rings. The summed E-state index contributed by atoms with van der Waals surface area (Å²) in [5.74, 6) is 0.0300. The van der Waals surface area contributed by atoms with Gasteiger partial charge in [-0.1, -0.05) is 6.07 Å². The maximum atomic E-state index is 13.5. The number of rotatable bonds is 1. The lowest BCUT2D eigenvalue weighted by atomic mass is 10.2. The van der Waals surface area contributed by atoms with Crippen molar-refractivity contribution in [2.24, 2.45) is 0 Å². The summed E-state index contributed by atoms with van der Waals surface area (Å²) in [7, 11) is 0. The molecule has 0 unspecified atom stereocenters. The molecular formula is C12H8FN3S. The third-order valence-corrected chi connectivity index (χ3v) is 3.61. The van der Waals surface area contributed by atoms with Gasteiger partial charge in [-0.05, 0) is 18.2 Å². The minimum absolute atomic E-state index is 0.207. The van der Waals surface area contributed by atoms with Crippen LogP contribution in [0.4, 0.5) is 10.3 Å². The van der Waals surface area contributed by atoms with Gasteiger partial charge < -0.3 is 5.73 Å². The van der Waals surface area contributed by atoms with Crippen molar-refractivity contribution in [3.8, 4) is 10.4 Å². The first kappa shape index (κ1) is 10.2. The quantitative estimate of drug-likeness (QED) is 0.716. The maximum absolute atomic E-state index is 13.5. The Morgan fingerprint density at radius 2 is 1.94 bits per heavy atom. The third-order valence-electron chi connectivity index (χ3n) is 2.46. The number of hydrogen-bond donors (Lipinski definition) is 1. The summed E-state index contributed by atoms with van der Waals surface area (Å²) in [5.41, 5.74) is 6.27. The van der Waals surface area contributed by atoms with Crippen LogP contribution in [-0.2, 0) is 0 Å². The molecule has 0 saturated carbocycles. The van der Waals surface area contributed by atoms with Gasteiger partial charge in [0.25, 0.3) is 0 Å². The molecule has 17 heavy (non-hydrogen) atoms. The number of nitrogens with two attached hydrogens (primary N) is 1. The zero-order valence-electron chi connectivity index (χ0n) is 8.72. The molecule has 2 aromatic heterocycles. The Morgan fingerprint density at radius 3 is 2.65 bits per heavy atom. The topological polar surface area (TPSA) is 51.8 Å². The molecule has 0 bridgehead atoms. The third kappa shape index (κ3) is 1.74. The summed E-state index contributed by atoms with van der Waals surface area (Å²) >= 11 is 1.51. The van der Waals surface area contributed by atoms with E-state index in [4.69, 9.17) is 5.73 Å². The van der Waals surface area contributed by atoms with Crippen LogP contribution in [0.3, 0.4) is 0 Å². The van der Waals surface area contributed by atoms with Gasteiger partial charge in [-0.2, -0.15) is 0 Å². The van der Waals surface area contributed by atoms with Gasteiger partial charge in [-0.3, -0.25) is 0 Å². The number of aromatic nitrogens is 2. The fourth-order valence-electron chi connectivity index (χ4n) is 1.63. The lowest BCUT2D eigenvalue weighted by molar-refractivity contribution is 0.640. The monoisotopic (exact) mass is 245 g/mol. The van der Waals surface area contributed by atoms with Crippen molar-refractivity contribution in [1.82, 2.24) is 9.97 Å². The van der Waals surface area contributed by atoms with Crippen LogP contribution in [0.1, 0.15) is 0 Å². The Labute approximate surface area is 101 Å². The Hall–Kier alpha value is -2.01. The van der Waals surface area contributed by atoms with Crippen molar-refractivity contribution in [1.29, 1.82) is 0 Å². The SMILES string of the molecule is Nc1ncc(-c2cc3c(F)cccc3s2)cn1. The Morgan fingerprint density at radius 1 is 1.18 bits per heavy atom. The van der Waals surface area contributed by atoms with Gasteiger partial charge >= 0.3 is 0 Å². The number of halogens is 1. The zero-order valence-corrected chi connectivity index (χ0v) is 9.54. The Kier molecular flexibility index (Phi) is 2.26. The number of nitrogens with zero attached hydrogens (tertiary/aromatic N) is 2. The van der Waals surface area contributed by atoms with E-state index in [9.17, 15) is 4.39 Å². The second-order valence-corrected chi connectivity index (χ2v) is 4.68. The van der Waals surface area contributed by atoms with Crippen molar-refractivity contribution < 1.29 is 4.39 Å². The van der Waals surface area contributed by atoms with E-state index in [-0.39, 0.29) is 11.8 Å². The van der Waals surface area contributed by atoms with E-state index in [2.05, 4.69) is 9.97 Å². The molecule has 0 atom stereocenters. The number of fused-ring (bicyclic) bond motifs is 1. The van der Waals surface area contributed by atoms with Crippen LogP contribution in [0.25, 0.3) is 20.5 Å². The lowest BCUT2D eigenvalue weighted by Crippen LogP contribution is -1.92. The normalized spacial score (nSPS) is 10.9. The summed E-state index contributed by atoms with van der Waals surface area (Å²) in [4.78, 5) is 8.79. The molecule has 0 amide bonds. The maximum Gasteiger partial charge on any atom is 0.219 e. The molecule has 1 aromatic carbocycles. The predicted molar refractivity (Wildman–Crippen MR) is 67.2 cm³/mol. The first-order valence-corrected chi connectivity index (χ1v) is 5.81. The summed E-state index contributed by atoms with van der Waals surface area (Å²) in [6, 6.07) is 6.87. The molecule has 0 spiro atoms. The van der Waals surface area contributed by atoms with Gasteiger partial charge in [0, 0.05) is 32.9 Å². The van der Waals surface area contributed by atoms with Crippen LogP contribution in [0.15, 0.2) is 36.7 Å². The van der Waals surface area contributed by atoms with Gasteiger partial charge in [-0.25, -0.2) is 14.4 Å². The lowest BCUT2D eigenvalue weighted by Gasteiger charge is -1.95. The van der Waals surface area contributed by atoms with Crippen LogP contribution < -0.4 is 5.73 Å². The van der Waals surface area contributed by atoms with Crippen molar-refractivity contribution in [2.75, 3.05) is 5.73 Å². The predicted octanol–water partition coefficient (Wildman–Crippen LogP) is 3.08. The highest BCUT2D eigenvalue weighted by Crippen LogP contribution is 2.34. The van der Waals surface area contributed by atoms with Crippen LogP contribution in [-0.4, -0.2) is 9.97 Å². The van der Waals surface area contributed by atoms with E-state index < -0.39 is 0 Å². The molecule has 0 saturated heterocycles. The van der Waals surface area contributed by atoms with Crippen molar-refractivity contribution in [3.63, 3.8) is 0 Å². The molecule has 3 nitrogen and oxygen atoms in total. The van der Waals surface area contributed by atoms with Crippen LogP contribution in [0.2, 0.25) is 0 Å². The van der Waals surface area contributed by atoms with E-state index in [0.717, 1.165) is 15.1 Å². The number of benzene rings is 1. The second-order valence-electron chi connectivity index (χ2n) is 3.59. The van der Waals surface area contributed by atoms with Gasteiger partial charge in [-0.15, -0.1) is 11.3 Å². The molecule has 84 valence electrons. The Bertz CT molecular complexity index is 676.